The summed E-state index contributed by atoms with van der Waals surface area (Å²) in [6.07, 6.45) is 8.51. The summed E-state index contributed by atoms with van der Waals surface area (Å²) in [6.45, 7) is 3.94. The average molecular weight is 431 g/mol. The van der Waals surface area contributed by atoms with E-state index in [0.717, 1.165) is 18.4 Å². The van der Waals surface area contributed by atoms with Crippen LogP contribution in [-0.2, 0) is 0 Å². The highest BCUT2D eigenvalue weighted by Crippen LogP contribution is 2.28. The molecule has 0 bridgehead atoms. The van der Waals surface area contributed by atoms with Gasteiger partial charge in [0.15, 0.2) is 11.5 Å². The highest BCUT2D eigenvalue weighted by Gasteiger charge is 2.17. The molecule has 4 rings (SSSR count). The second kappa shape index (κ2) is 9.52. The molecule has 4 aromatic rings. The maximum atomic E-state index is 12.8. The van der Waals surface area contributed by atoms with Crippen molar-refractivity contribution in [3.63, 3.8) is 0 Å². The number of nitrogen functional groups attached to an aromatic ring is 1. The summed E-state index contributed by atoms with van der Waals surface area (Å²) in [7, 11) is 0. The van der Waals surface area contributed by atoms with Gasteiger partial charge in [-0.1, -0.05) is 13.0 Å². The Morgan fingerprint density at radius 1 is 1.06 bits per heavy atom. The van der Waals surface area contributed by atoms with Gasteiger partial charge in [-0.05, 0) is 43.7 Å². The third-order valence-corrected chi connectivity index (χ3v) is 5.14. The Hall–Kier alpha value is -3.85. The Balaban J connectivity index is 1.60. The molecule has 0 aliphatic heterocycles. The van der Waals surface area contributed by atoms with Crippen LogP contribution in [0, 0.1) is 0 Å². The molecule has 4 aromatic heterocycles. The summed E-state index contributed by atoms with van der Waals surface area (Å²) in [5, 5.41) is 4.39. The van der Waals surface area contributed by atoms with Crippen LogP contribution in [-0.4, -0.2) is 55.0 Å². The molecule has 0 saturated carbocycles. The van der Waals surface area contributed by atoms with Crippen molar-refractivity contribution in [1.29, 1.82) is 0 Å². The normalized spacial score (nSPS) is 11.1. The Bertz CT molecular complexity index is 1200. The summed E-state index contributed by atoms with van der Waals surface area (Å²) in [5.74, 6) is 0.323. The molecule has 1 amide bonds. The van der Waals surface area contributed by atoms with Gasteiger partial charge in [0.05, 0.1) is 22.5 Å². The second-order valence-electron chi connectivity index (χ2n) is 7.45. The van der Waals surface area contributed by atoms with Gasteiger partial charge in [-0.25, -0.2) is 9.50 Å². The van der Waals surface area contributed by atoms with E-state index in [4.69, 9.17) is 11.5 Å². The zero-order valence-corrected chi connectivity index (χ0v) is 18.0. The van der Waals surface area contributed by atoms with Crippen molar-refractivity contribution in [2.45, 2.75) is 19.8 Å². The number of aromatic nitrogens is 5. The first kappa shape index (κ1) is 21.4. The van der Waals surface area contributed by atoms with Crippen molar-refractivity contribution in [1.82, 2.24) is 29.5 Å². The molecule has 164 valence electrons. The van der Waals surface area contributed by atoms with Crippen molar-refractivity contribution in [3.05, 3.63) is 60.7 Å². The predicted octanol–water partition coefficient (Wildman–Crippen LogP) is 2.64. The molecule has 4 N–H and O–H groups in total. The molecule has 0 aliphatic rings. The molecule has 0 fully saturated rings. The highest BCUT2D eigenvalue weighted by atomic mass is 16.2. The molecule has 0 aliphatic carbocycles. The van der Waals surface area contributed by atoms with E-state index in [-0.39, 0.29) is 5.91 Å². The van der Waals surface area contributed by atoms with Crippen LogP contribution in [0.15, 0.2) is 55.1 Å². The predicted molar refractivity (Wildman–Crippen MR) is 124 cm³/mol. The average Bonchev–Trinajstić information content (AvgIpc) is 3.16. The molecule has 0 aromatic carbocycles. The molecule has 0 atom stereocenters. The number of hydrogen-bond donors (Lipinski definition) is 2. The molecule has 9 heteroatoms. The van der Waals surface area contributed by atoms with Crippen LogP contribution < -0.4 is 11.5 Å². The minimum absolute atomic E-state index is 0.0345. The van der Waals surface area contributed by atoms with Crippen LogP contribution in [0.5, 0.6) is 0 Å². The lowest BCUT2D eigenvalue weighted by molar-refractivity contribution is 0.0754. The smallest absolute Gasteiger partial charge is 0.255 e. The van der Waals surface area contributed by atoms with Crippen LogP contribution in [0.4, 0.5) is 5.82 Å². The third kappa shape index (κ3) is 4.28. The fraction of sp³-hybridized carbons (Fsp3) is 0.261. The van der Waals surface area contributed by atoms with Crippen LogP contribution in [0.3, 0.4) is 0 Å². The summed E-state index contributed by atoms with van der Waals surface area (Å²) < 4.78 is 1.63. The van der Waals surface area contributed by atoms with Gasteiger partial charge in [-0.3, -0.25) is 14.8 Å². The number of fused-ring (bicyclic) bond motifs is 1. The Labute approximate surface area is 186 Å². The SMILES string of the molecule is CCCN(CCCN)C(=O)c1ccc(-c2cnc3c(-c4ccccn4)c(N)nn3c2)nc1. The monoisotopic (exact) mass is 430 g/mol. The van der Waals surface area contributed by atoms with Gasteiger partial charge >= 0.3 is 0 Å². The van der Waals surface area contributed by atoms with Crippen LogP contribution >= 0.6 is 0 Å². The zero-order valence-electron chi connectivity index (χ0n) is 18.0. The molecule has 0 saturated heterocycles. The third-order valence-electron chi connectivity index (χ3n) is 5.14. The fourth-order valence-electron chi connectivity index (χ4n) is 3.58. The number of nitrogens with two attached hydrogens (primary N) is 2. The van der Waals surface area contributed by atoms with Crippen molar-refractivity contribution in [3.8, 4) is 22.5 Å². The first-order chi connectivity index (χ1) is 15.6. The van der Waals surface area contributed by atoms with Gasteiger partial charge < -0.3 is 16.4 Å². The number of anilines is 1. The Kier molecular flexibility index (Phi) is 6.37. The lowest BCUT2D eigenvalue weighted by Crippen LogP contribution is -2.33. The van der Waals surface area contributed by atoms with Gasteiger partial charge in [0.1, 0.15) is 0 Å². The quantitative estimate of drug-likeness (QED) is 0.440. The molecule has 32 heavy (non-hydrogen) atoms. The zero-order chi connectivity index (χ0) is 22.5. The van der Waals surface area contributed by atoms with Crippen molar-refractivity contribution in [2.24, 2.45) is 5.73 Å². The summed E-state index contributed by atoms with van der Waals surface area (Å²) in [4.78, 5) is 28.1. The number of pyridine rings is 2. The van der Waals surface area contributed by atoms with Gasteiger partial charge in [0, 0.05) is 43.4 Å². The minimum Gasteiger partial charge on any atom is -0.382 e. The van der Waals surface area contributed by atoms with E-state index >= 15 is 0 Å². The molecule has 0 unspecified atom stereocenters. The molecule has 0 radical (unpaired) electrons. The highest BCUT2D eigenvalue weighted by molar-refractivity contribution is 5.94. The molecular weight excluding hydrogens is 404 g/mol. The second-order valence-corrected chi connectivity index (χ2v) is 7.45. The van der Waals surface area contributed by atoms with Crippen molar-refractivity contribution < 1.29 is 4.79 Å². The fourth-order valence-corrected chi connectivity index (χ4v) is 3.58. The summed E-state index contributed by atoms with van der Waals surface area (Å²) in [6, 6.07) is 9.21. The number of hydrogen-bond acceptors (Lipinski definition) is 7. The van der Waals surface area contributed by atoms with E-state index in [2.05, 4.69) is 27.0 Å². The number of rotatable bonds is 8. The Morgan fingerprint density at radius 3 is 2.62 bits per heavy atom. The van der Waals surface area contributed by atoms with Gasteiger partial charge in [0.2, 0.25) is 0 Å². The van der Waals surface area contributed by atoms with Gasteiger partial charge in [-0.15, -0.1) is 5.10 Å². The van der Waals surface area contributed by atoms with E-state index in [0.29, 0.717) is 53.6 Å². The van der Waals surface area contributed by atoms with E-state index in [1.54, 1.807) is 29.2 Å². The standard InChI is InChI=1S/C23H26N8O/c1-2-11-30(12-5-9-24)23(32)16-7-8-18(27-13-16)17-14-28-22-20(19-6-3-4-10-26-19)21(25)29-31(22)15-17/h3-4,6-8,10,13-15H,2,5,9,11-12,24H2,1H3,(H2,25,29). The largest absolute Gasteiger partial charge is 0.382 e. The lowest BCUT2D eigenvalue weighted by Gasteiger charge is -2.21. The molecule has 4 heterocycles. The number of nitrogens with zero attached hydrogens (tertiary/aromatic N) is 6. The van der Waals surface area contributed by atoms with Crippen LogP contribution in [0.1, 0.15) is 30.1 Å². The summed E-state index contributed by atoms with van der Waals surface area (Å²) >= 11 is 0. The topological polar surface area (TPSA) is 128 Å². The molecule has 9 nitrogen and oxygen atoms in total. The molecule has 0 spiro atoms. The van der Waals surface area contributed by atoms with Crippen molar-refractivity contribution >= 4 is 17.4 Å². The van der Waals surface area contributed by atoms with Gasteiger partial charge in [-0.2, -0.15) is 0 Å². The summed E-state index contributed by atoms with van der Waals surface area (Å²) in [5.41, 5.74) is 15.8. The Morgan fingerprint density at radius 2 is 1.94 bits per heavy atom. The number of amides is 1. The van der Waals surface area contributed by atoms with Crippen LogP contribution in [0.25, 0.3) is 28.2 Å². The number of carbonyl (C=O) groups excluding carboxylic acids is 1. The van der Waals surface area contributed by atoms with E-state index in [1.807, 2.05) is 35.4 Å². The van der Waals surface area contributed by atoms with Crippen molar-refractivity contribution in [2.75, 3.05) is 25.4 Å². The minimum atomic E-state index is -0.0345. The maximum Gasteiger partial charge on any atom is 0.255 e. The van der Waals surface area contributed by atoms with E-state index in [1.165, 1.54) is 0 Å². The van der Waals surface area contributed by atoms with E-state index in [9.17, 15) is 4.79 Å². The maximum absolute atomic E-state index is 12.8. The number of carbonyl (C=O) groups is 1. The lowest BCUT2D eigenvalue weighted by atomic mass is 10.1. The molecular formula is C23H26N8O. The first-order valence-corrected chi connectivity index (χ1v) is 10.6. The van der Waals surface area contributed by atoms with E-state index < -0.39 is 0 Å². The first-order valence-electron chi connectivity index (χ1n) is 10.6. The van der Waals surface area contributed by atoms with Gasteiger partial charge in [0.25, 0.3) is 5.91 Å². The van der Waals surface area contributed by atoms with Crippen LogP contribution in [0.2, 0.25) is 0 Å².